The van der Waals surface area contributed by atoms with Gasteiger partial charge in [-0.25, -0.2) is 4.79 Å². The van der Waals surface area contributed by atoms with Crippen LogP contribution in [0.4, 0.5) is 0 Å². The summed E-state index contributed by atoms with van der Waals surface area (Å²) in [5.74, 6) is -0.715. The minimum Gasteiger partial charge on any atom is -0.465 e. The van der Waals surface area contributed by atoms with E-state index in [1.807, 2.05) is 12.1 Å². The van der Waals surface area contributed by atoms with E-state index in [-0.39, 0.29) is 11.6 Å². The van der Waals surface area contributed by atoms with Crippen LogP contribution in [0, 0.1) is 0 Å². The van der Waals surface area contributed by atoms with Gasteiger partial charge in [-0.05, 0) is 29.8 Å². The number of rotatable bonds is 4. The maximum atomic E-state index is 12.3. The lowest BCUT2D eigenvalue weighted by atomic mass is 10.2. The molecule has 0 unspecified atom stereocenters. The van der Waals surface area contributed by atoms with E-state index in [0.717, 1.165) is 5.56 Å². The van der Waals surface area contributed by atoms with Gasteiger partial charge in [0, 0.05) is 24.8 Å². The fourth-order valence-electron chi connectivity index (χ4n) is 1.89. The lowest BCUT2D eigenvalue weighted by molar-refractivity contribution is 0.0599. The summed E-state index contributed by atoms with van der Waals surface area (Å²) >= 11 is 5.83. The molecule has 114 valence electrons. The zero-order chi connectivity index (χ0) is 16.1. The van der Waals surface area contributed by atoms with Gasteiger partial charge < -0.3 is 9.64 Å². The van der Waals surface area contributed by atoms with Crippen LogP contribution in [0.25, 0.3) is 0 Å². The highest BCUT2D eigenvalue weighted by molar-refractivity contribution is 6.30. The van der Waals surface area contributed by atoms with Crippen molar-refractivity contribution in [2.45, 2.75) is 6.54 Å². The number of carbonyl (C=O) groups excluding carboxylic acids is 2. The van der Waals surface area contributed by atoms with E-state index in [1.54, 1.807) is 24.1 Å². The minimum absolute atomic E-state index is 0.230. The summed E-state index contributed by atoms with van der Waals surface area (Å²) in [6.45, 7) is 0.441. The number of nitrogens with zero attached hydrogens (tertiary/aromatic N) is 2. The molecule has 2 aromatic rings. The fourth-order valence-corrected chi connectivity index (χ4v) is 2.02. The molecular formula is C16H15ClN2O3. The van der Waals surface area contributed by atoms with Gasteiger partial charge in [0.1, 0.15) is 5.69 Å². The van der Waals surface area contributed by atoms with Crippen LogP contribution in [0.2, 0.25) is 5.02 Å². The van der Waals surface area contributed by atoms with Crippen molar-refractivity contribution in [3.63, 3.8) is 0 Å². The van der Waals surface area contributed by atoms with Gasteiger partial charge in [-0.1, -0.05) is 23.7 Å². The van der Waals surface area contributed by atoms with Crippen LogP contribution >= 0.6 is 11.6 Å². The molecule has 0 aliphatic heterocycles. The Kier molecular flexibility index (Phi) is 5.12. The molecule has 1 aromatic carbocycles. The normalized spacial score (nSPS) is 10.1. The first-order chi connectivity index (χ1) is 10.5. The first-order valence-corrected chi connectivity index (χ1v) is 6.93. The number of hydrogen-bond acceptors (Lipinski definition) is 4. The summed E-state index contributed by atoms with van der Waals surface area (Å²) in [5, 5.41) is 0.651. The number of esters is 1. The first kappa shape index (κ1) is 16.0. The van der Waals surface area contributed by atoms with Crippen molar-refractivity contribution >= 4 is 23.5 Å². The molecular weight excluding hydrogens is 304 g/mol. The van der Waals surface area contributed by atoms with Gasteiger partial charge in [-0.2, -0.15) is 0 Å². The van der Waals surface area contributed by atoms with Crippen molar-refractivity contribution in [3.8, 4) is 0 Å². The molecule has 0 bridgehead atoms. The first-order valence-electron chi connectivity index (χ1n) is 6.55. The number of methoxy groups -OCH3 is 1. The Morgan fingerprint density at radius 3 is 2.41 bits per heavy atom. The SMILES string of the molecule is COC(=O)c1ccc(C(=O)N(C)Cc2ccc(Cl)cc2)nc1. The summed E-state index contributed by atoms with van der Waals surface area (Å²) in [6, 6.07) is 10.3. The second kappa shape index (κ2) is 7.04. The quantitative estimate of drug-likeness (QED) is 0.813. The number of ether oxygens (including phenoxy) is 1. The lowest BCUT2D eigenvalue weighted by Crippen LogP contribution is -2.27. The highest BCUT2D eigenvalue weighted by Gasteiger charge is 2.14. The highest BCUT2D eigenvalue weighted by atomic mass is 35.5. The van der Waals surface area contributed by atoms with Crippen LogP contribution in [0.5, 0.6) is 0 Å². The second-order valence-electron chi connectivity index (χ2n) is 4.71. The van der Waals surface area contributed by atoms with E-state index in [1.165, 1.54) is 25.4 Å². The summed E-state index contributed by atoms with van der Waals surface area (Å²) in [5.41, 5.74) is 1.54. The predicted molar refractivity (Wildman–Crippen MR) is 82.8 cm³/mol. The molecule has 0 radical (unpaired) electrons. The van der Waals surface area contributed by atoms with Gasteiger partial charge in [0.05, 0.1) is 12.7 Å². The second-order valence-corrected chi connectivity index (χ2v) is 5.15. The average molecular weight is 319 g/mol. The van der Waals surface area contributed by atoms with E-state index in [4.69, 9.17) is 11.6 Å². The lowest BCUT2D eigenvalue weighted by Gasteiger charge is -2.17. The van der Waals surface area contributed by atoms with E-state index >= 15 is 0 Å². The monoisotopic (exact) mass is 318 g/mol. The van der Waals surface area contributed by atoms with E-state index in [9.17, 15) is 9.59 Å². The third-order valence-corrected chi connectivity index (χ3v) is 3.34. The Bertz CT molecular complexity index is 669. The molecule has 1 heterocycles. The van der Waals surface area contributed by atoms with Crippen LogP contribution in [-0.2, 0) is 11.3 Å². The molecule has 5 nitrogen and oxygen atoms in total. The summed E-state index contributed by atoms with van der Waals surface area (Å²) in [4.78, 5) is 29.2. The number of aromatic nitrogens is 1. The maximum Gasteiger partial charge on any atom is 0.339 e. The molecule has 0 atom stereocenters. The van der Waals surface area contributed by atoms with E-state index in [0.29, 0.717) is 17.1 Å². The smallest absolute Gasteiger partial charge is 0.339 e. The molecule has 0 aliphatic carbocycles. The summed E-state index contributed by atoms with van der Waals surface area (Å²) in [7, 11) is 2.98. The van der Waals surface area contributed by atoms with Gasteiger partial charge in [0.15, 0.2) is 0 Å². The number of pyridine rings is 1. The minimum atomic E-state index is -0.485. The third kappa shape index (κ3) is 3.83. The van der Waals surface area contributed by atoms with E-state index in [2.05, 4.69) is 9.72 Å². The molecule has 0 spiro atoms. The summed E-state index contributed by atoms with van der Waals surface area (Å²) < 4.78 is 4.59. The third-order valence-electron chi connectivity index (χ3n) is 3.08. The Hall–Kier alpha value is -2.40. The Morgan fingerprint density at radius 1 is 1.18 bits per heavy atom. The molecule has 2 rings (SSSR count). The molecule has 0 N–H and O–H groups in total. The van der Waals surface area contributed by atoms with Crippen molar-refractivity contribution in [3.05, 3.63) is 64.4 Å². The largest absolute Gasteiger partial charge is 0.465 e. The van der Waals surface area contributed by atoms with Crippen molar-refractivity contribution in [1.29, 1.82) is 0 Å². The van der Waals surface area contributed by atoms with Crippen molar-refractivity contribution in [2.75, 3.05) is 14.2 Å². The number of hydrogen-bond donors (Lipinski definition) is 0. The number of amides is 1. The van der Waals surface area contributed by atoms with Crippen molar-refractivity contribution < 1.29 is 14.3 Å². The number of halogens is 1. The van der Waals surface area contributed by atoms with Gasteiger partial charge in [-0.3, -0.25) is 9.78 Å². The molecule has 0 fully saturated rings. The van der Waals surface area contributed by atoms with Crippen molar-refractivity contribution in [2.24, 2.45) is 0 Å². The molecule has 1 amide bonds. The van der Waals surface area contributed by atoms with Gasteiger partial charge in [0.25, 0.3) is 5.91 Å². The number of carbonyl (C=O) groups is 2. The Labute approximate surface area is 133 Å². The molecule has 0 aliphatic rings. The van der Waals surface area contributed by atoms with Gasteiger partial charge >= 0.3 is 5.97 Å². The topological polar surface area (TPSA) is 59.5 Å². The Morgan fingerprint density at radius 2 is 1.86 bits per heavy atom. The fraction of sp³-hybridized carbons (Fsp3) is 0.188. The molecule has 6 heteroatoms. The van der Waals surface area contributed by atoms with Crippen LogP contribution in [0.3, 0.4) is 0 Å². The number of benzene rings is 1. The highest BCUT2D eigenvalue weighted by Crippen LogP contribution is 2.12. The zero-order valence-corrected chi connectivity index (χ0v) is 13.0. The molecule has 0 saturated heterocycles. The Balaban J connectivity index is 2.06. The van der Waals surface area contributed by atoms with Crippen molar-refractivity contribution in [1.82, 2.24) is 9.88 Å². The van der Waals surface area contributed by atoms with Gasteiger partial charge in [-0.15, -0.1) is 0 Å². The van der Waals surface area contributed by atoms with Crippen LogP contribution in [0.15, 0.2) is 42.6 Å². The summed E-state index contributed by atoms with van der Waals surface area (Å²) in [6.07, 6.45) is 1.33. The molecule has 0 saturated carbocycles. The standard InChI is InChI=1S/C16H15ClN2O3/c1-19(10-11-3-6-13(17)7-4-11)15(20)14-8-5-12(9-18-14)16(21)22-2/h3-9H,10H2,1-2H3. The van der Waals surface area contributed by atoms with Gasteiger partial charge in [0.2, 0.25) is 0 Å². The zero-order valence-electron chi connectivity index (χ0n) is 12.2. The average Bonchev–Trinajstić information content (AvgIpc) is 2.55. The van der Waals surface area contributed by atoms with E-state index < -0.39 is 5.97 Å². The maximum absolute atomic E-state index is 12.3. The van der Waals surface area contributed by atoms with Crippen LogP contribution in [-0.4, -0.2) is 35.9 Å². The van der Waals surface area contributed by atoms with Crippen LogP contribution < -0.4 is 0 Å². The molecule has 22 heavy (non-hydrogen) atoms. The predicted octanol–water partition coefficient (Wildman–Crippen LogP) is 2.79. The van der Waals surface area contributed by atoms with Crippen LogP contribution in [0.1, 0.15) is 26.4 Å². The molecule has 1 aromatic heterocycles.